The first-order valence-electron chi connectivity index (χ1n) is 12.5. The Morgan fingerprint density at radius 3 is 1.38 bits per heavy atom. The lowest BCUT2D eigenvalue weighted by Gasteiger charge is -2.35. The minimum absolute atomic E-state index is 0.0814. The van der Waals surface area contributed by atoms with Crippen LogP contribution in [-0.4, -0.2) is 73.0 Å². The highest BCUT2D eigenvalue weighted by Crippen LogP contribution is 2.18. The number of hydrogen-bond acceptors (Lipinski definition) is 4. The van der Waals surface area contributed by atoms with Crippen LogP contribution in [0.1, 0.15) is 74.1 Å². The predicted octanol–water partition coefficient (Wildman–Crippen LogP) is 3.39. The van der Waals surface area contributed by atoms with Crippen molar-refractivity contribution in [1.29, 1.82) is 0 Å². The third-order valence-electron chi connectivity index (χ3n) is 7.41. The molecule has 0 bridgehead atoms. The number of nitrogens with one attached hydrogen (secondary N) is 2. The van der Waals surface area contributed by atoms with Crippen LogP contribution in [0.4, 0.5) is 0 Å². The van der Waals surface area contributed by atoms with Gasteiger partial charge >= 0.3 is 0 Å². The molecule has 1 aromatic rings. The fourth-order valence-electron chi connectivity index (χ4n) is 4.65. The Kier molecular flexibility index (Phi) is 9.11. The smallest absolute Gasteiger partial charge is 0.251 e. The van der Waals surface area contributed by atoms with Gasteiger partial charge in [0.15, 0.2) is 0 Å². The summed E-state index contributed by atoms with van der Waals surface area (Å²) in [6, 6.07) is 7.64. The monoisotopic (exact) mass is 442 g/mol. The summed E-state index contributed by atoms with van der Waals surface area (Å²) in [5.41, 5.74) is 1.19. The molecule has 2 atom stereocenters. The second-order valence-corrected chi connectivity index (χ2v) is 10.1. The molecule has 6 heteroatoms. The van der Waals surface area contributed by atoms with E-state index in [0.29, 0.717) is 36.3 Å². The quantitative estimate of drug-likeness (QED) is 0.648. The molecule has 2 N–H and O–H groups in total. The number of amides is 2. The summed E-state index contributed by atoms with van der Waals surface area (Å²) in [4.78, 5) is 30.0. The molecule has 0 radical (unpaired) electrons. The van der Waals surface area contributed by atoms with Crippen LogP contribution >= 0.6 is 0 Å². The lowest BCUT2D eigenvalue weighted by atomic mass is 9.98. The number of nitrogens with zero attached hydrogens (tertiary/aromatic N) is 2. The van der Waals surface area contributed by atoms with Gasteiger partial charge in [-0.05, 0) is 102 Å². The van der Waals surface area contributed by atoms with E-state index >= 15 is 0 Å². The first-order valence-corrected chi connectivity index (χ1v) is 12.5. The molecule has 2 aliphatic heterocycles. The number of likely N-dealkylation sites (tertiary alicyclic amines) is 2. The van der Waals surface area contributed by atoms with Gasteiger partial charge < -0.3 is 10.6 Å². The molecule has 0 spiro atoms. The molecule has 2 fully saturated rings. The Labute approximate surface area is 194 Å². The van der Waals surface area contributed by atoms with Gasteiger partial charge in [0.1, 0.15) is 0 Å². The summed E-state index contributed by atoms with van der Waals surface area (Å²) in [6.07, 6.45) is 4.94. The Bertz CT molecular complexity index is 672. The third kappa shape index (κ3) is 7.04. The van der Waals surface area contributed by atoms with Crippen molar-refractivity contribution in [2.24, 2.45) is 11.8 Å². The van der Waals surface area contributed by atoms with Crippen LogP contribution in [0, 0.1) is 11.8 Å². The average Bonchev–Trinajstić information content (AvgIpc) is 2.81. The summed E-state index contributed by atoms with van der Waals surface area (Å²) in [5, 5.41) is 6.10. The molecular formula is C26H42N4O2. The molecule has 6 nitrogen and oxygen atoms in total. The van der Waals surface area contributed by atoms with Crippen LogP contribution in [0.2, 0.25) is 0 Å². The Hall–Kier alpha value is -1.92. The maximum atomic E-state index is 12.5. The number of hydrogen-bond donors (Lipinski definition) is 2. The van der Waals surface area contributed by atoms with Gasteiger partial charge in [-0.15, -0.1) is 0 Å². The minimum Gasteiger partial charge on any atom is -0.350 e. The molecule has 2 amide bonds. The summed E-state index contributed by atoms with van der Waals surface area (Å²) < 4.78 is 0. The maximum absolute atomic E-state index is 12.5. The van der Waals surface area contributed by atoms with E-state index in [1.165, 1.54) is 25.7 Å². The van der Waals surface area contributed by atoms with E-state index in [1.54, 1.807) is 24.3 Å². The predicted molar refractivity (Wildman–Crippen MR) is 130 cm³/mol. The number of carbonyl (C=O) groups excluding carboxylic acids is 2. The van der Waals surface area contributed by atoms with Crippen LogP contribution < -0.4 is 10.6 Å². The lowest BCUT2D eigenvalue weighted by molar-refractivity contribution is 0.0911. The second-order valence-electron chi connectivity index (χ2n) is 10.1. The van der Waals surface area contributed by atoms with Crippen molar-refractivity contribution >= 4 is 11.8 Å². The fraction of sp³-hybridized carbons (Fsp3) is 0.692. The first kappa shape index (κ1) is 24.7. The van der Waals surface area contributed by atoms with Gasteiger partial charge in [0, 0.05) is 36.3 Å². The third-order valence-corrected chi connectivity index (χ3v) is 7.41. The molecule has 2 saturated heterocycles. The van der Waals surface area contributed by atoms with Crippen molar-refractivity contribution in [3.63, 3.8) is 0 Å². The molecule has 32 heavy (non-hydrogen) atoms. The van der Waals surface area contributed by atoms with E-state index in [9.17, 15) is 9.59 Å². The normalized spacial score (nSPS) is 21.1. The molecule has 3 rings (SSSR count). The zero-order valence-electron chi connectivity index (χ0n) is 20.4. The molecule has 2 heterocycles. The number of benzene rings is 1. The van der Waals surface area contributed by atoms with E-state index in [0.717, 1.165) is 38.0 Å². The second kappa shape index (κ2) is 11.8. The zero-order valence-corrected chi connectivity index (χ0v) is 20.4. The molecule has 178 valence electrons. The Morgan fingerprint density at radius 1 is 0.750 bits per heavy atom. The molecule has 2 aliphatic rings. The van der Waals surface area contributed by atoms with Crippen LogP contribution in [0.25, 0.3) is 0 Å². The van der Waals surface area contributed by atoms with Gasteiger partial charge in [-0.2, -0.15) is 0 Å². The van der Waals surface area contributed by atoms with E-state index in [-0.39, 0.29) is 11.8 Å². The summed E-state index contributed by atoms with van der Waals surface area (Å²) in [6.45, 7) is 14.7. The summed E-state index contributed by atoms with van der Waals surface area (Å²) in [7, 11) is 0. The topological polar surface area (TPSA) is 64.7 Å². The standard InChI is InChI=1S/C26H42N4O2/c1-19-9-13-29(14-10-19)21(3)17-27-25(31)23-5-7-24(8-6-23)26(32)28-18-22(4)30-15-11-20(2)12-16-30/h5-8,19-22H,9-18H2,1-4H3,(H,27,31)(H,28,32). The van der Waals surface area contributed by atoms with Crippen molar-refractivity contribution in [3.8, 4) is 0 Å². The fourth-order valence-corrected chi connectivity index (χ4v) is 4.65. The van der Waals surface area contributed by atoms with Crippen molar-refractivity contribution in [1.82, 2.24) is 20.4 Å². The Balaban J connectivity index is 1.41. The first-order chi connectivity index (χ1) is 15.3. The zero-order chi connectivity index (χ0) is 23.1. The minimum atomic E-state index is -0.0814. The van der Waals surface area contributed by atoms with Gasteiger partial charge in [-0.25, -0.2) is 0 Å². The van der Waals surface area contributed by atoms with Gasteiger partial charge in [0.25, 0.3) is 11.8 Å². The SMILES string of the molecule is CC1CCN(C(C)CNC(=O)c2ccc(C(=O)NCC(C)N3CCC(C)CC3)cc2)CC1. The molecule has 0 aromatic heterocycles. The molecule has 0 aliphatic carbocycles. The van der Waals surface area contributed by atoms with Crippen LogP contribution in [-0.2, 0) is 0 Å². The van der Waals surface area contributed by atoms with E-state index in [1.807, 2.05) is 0 Å². The largest absolute Gasteiger partial charge is 0.350 e. The average molecular weight is 443 g/mol. The highest BCUT2D eigenvalue weighted by atomic mass is 16.2. The van der Waals surface area contributed by atoms with E-state index in [2.05, 4.69) is 48.1 Å². The van der Waals surface area contributed by atoms with Gasteiger partial charge in [0.2, 0.25) is 0 Å². The molecule has 0 saturated carbocycles. The molecule has 1 aromatic carbocycles. The van der Waals surface area contributed by atoms with E-state index < -0.39 is 0 Å². The number of piperidine rings is 2. The highest BCUT2D eigenvalue weighted by Gasteiger charge is 2.22. The van der Waals surface area contributed by atoms with Crippen molar-refractivity contribution < 1.29 is 9.59 Å². The molecular weight excluding hydrogens is 400 g/mol. The van der Waals surface area contributed by atoms with Gasteiger partial charge in [-0.3, -0.25) is 19.4 Å². The summed E-state index contributed by atoms with van der Waals surface area (Å²) >= 11 is 0. The lowest BCUT2D eigenvalue weighted by Crippen LogP contribution is -2.45. The molecule has 2 unspecified atom stereocenters. The number of rotatable bonds is 8. The van der Waals surface area contributed by atoms with Gasteiger partial charge in [-0.1, -0.05) is 13.8 Å². The van der Waals surface area contributed by atoms with Crippen LogP contribution in [0.5, 0.6) is 0 Å². The van der Waals surface area contributed by atoms with Crippen molar-refractivity contribution in [2.45, 2.75) is 65.5 Å². The maximum Gasteiger partial charge on any atom is 0.251 e. The van der Waals surface area contributed by atoms with E-state index in [4.69, 9.17) is 0 Å². The van der Waals surface area contributed by atoms with Crippen LogP contribution in [0.15, 0.2) is 24.3 Å². The highest BCUT2D eigenvalue weighted by molar-refractivity contribution is 5.97. The number of carbonyl (C=O) groups is 2. The van der Waals surface area contributed by atoms with Gasteiger partial charge in [0.05, 0.1) is 0 Å². The van der Waals surface area contributed by atoms with Crippen molar-refractivity contribution in [2.75, 3.05) is 39.3 Å². The summed E-state index contributed by atoms with van der Waals surface area (Å²) in [5.74, 6) is 1.45. The Morgan fingerprint density at radius 2 is 1.06 bits per heavy atom. The van der Waals surface area contributed by atoms with Crippen molar-refractivity contribution in [3.05, 3.63) is 35.4 Å². The van der Waals surface area contributed by atoms with Crippen LogP contribution in [0.3, 0.4) is 0 Å².